The van der Waals surface area contributed by atoms with Crippen molar-refractivity contribution in [3.05, 3.63) is 22.2 Å². The second-order valence-corrected chi connectivity index (χ2v) is 5.98. The van der Waals surface area contributed by atoms with E-state index in [0.717, 1.165) is 35.0 Å². The van der Waals surface area contributed by atoms with Gasteiger partial charge in [0, 0.05) is 6.54 Å². The summed E-state index contributed by atoms with van der Waals surface area (Å²) in [5.41, 5.74) is 1.20. The number of rotatable bonds is 9. The van der Waals surface area contributed by atoms with E-state index in [1.54, 1.807) is 0 Å². The number of halogens is 2. The minimum Gasteiger partial charge on any atom is -0.490 e. The zero-order valence-electron chi connectivity index (χ0n) is 13.4. The lowest BCUT2D eigenvalue weighted by Crippen LogP contribution is -2.16. The summed E-state index contributed by atoms with van der Waals surface area (Å²) < 4.78 is 12.3. The molecule has 1 rings (SSSR count). The van der Waals surface area contributed by atoms with Gasteiger partial charge in [0.05, 0.1) is 17.7 Å². The van der Waals surface area contributed by atoms with Crippen LogP contribution in [0.4, 0.5) is 0 Å². The maximum absolute atomic E-state index is 5.67. The lowest BCUT2D eigenvalue weighted by atomic mass is 10.1. The third-order valence-electron chi connectivity index (χ3n) is 2.89. The van der Waals surface area contributed by atoms with Crippen molar-refractivity contribution in [3.63, 3.8) is 0 Å². The third kappa shape index (κ3) is 7.39. The maximum Gasteiger partial charge on any atom is 0.175 e. The van der Waals surface area contributed by atoms with Crippen molar-refractivity contribution in [1.29, 1.82) is 0 Å². The van der Waals surface area contributed by atoms with Crippen molar-refractivity contribution in [2.24, 2.45) is 5.92 Å². The monoisotopic (exact) mass is 379 g/mol. The van der Waals surface area contributed by atoms with Crippen molar-refractivity contribution in [2.75, 3.05) is 19.8 Å². The molecule has 0 radical (unpaired) electrons. The van der Waals surface area contributed by atoms with E-state index in [-0.39, 0.29) is 12.4 Å². The molecule has 0 aliphatic carbocycles. The van der Waals surface area contributed by atoms with Crippen LogP contribution >= 0.6 is 28.3 Å². The van der Waals surface area contributed by atoms with E-state index in [0.29, 0.717) is 13.2 Å². The number of hydrogen-bond acceptors (Lipinski definition) is 3. The van der Waals surface area contributed by atoms with E-state index in [1.165, 1.54) is 12.0 Å². The molecule has 0 aliphatic heterocycles. The molecule has 0 atom stereocenters. The summed E-state index contributed by atoms with van der Waals surface area (Å²) in [6, 6.07) is 4.15. The van der Waals surface area contributed by atoms with Crippen LogP contribution in [-0.4, -0.2) is 19.8 Å². The van der Waals surface area contributed by atoms with E-state index in [4.69, 9.17) is 9.47 Å². The minimum atomic E-state index is 0. The normalized spacial score (nSPS) is 10.4. The molecular weight excluding hydrogens is 354 g/mol. The number of nitrogens with one attached hydrogen (secondary N) is 1. The number of hydrogen-bond donors (Lipinski definition) is 1. The first-order valence-electron chi connectivity index (χ1n) is 7.37. The van der Waals surface area contributed by atoms with Gasteiger partial charge in [-0.1, -0.05) is 13.8 Å². The zero-order chi connectivity index (χ0) is 15.0. The Balaban J connectivity index is 0.00000400. The second kappa shape index (κ2) is 11.2. The van der Waals surface area contributed by atoms with E-state index >= 15 is 0 Å². The van der Waals surface area contributed by atoms with Crippen molar-refractivity contribution in [3.8, 4) is 11.5 Å². The van der Waals surface area contributed by atoms with Crippen LogP contribution in [0.2, 0.25) is 0 Å². The first kappa shape index (κ1) is 20.6. The molecule has 0 heterocycles. The topological polar surface area (TPSA) is 30.5 Å². The molecule has 1 aromatic carbocycles. The predicted molar refractivity (Wildman–Crippen MR) is 94.9 cm³/mol. The fourth-order valence-corrected chi connectivity index (χ4v) is 2.50. The third-order valence-corrected chi connectivity index (χ3v) is 3.47. The smallest absolute Gasteiger partial charge is 0.175 e. The molecule has 0 aliphatic rings. The van der Waals surface area contributed by atoms with E-state index in [2.05, 4.69) is 47.2 Å². The van der Waals surface area contributed by atoms with Crippen LogP contribution in [-0.2, 0) is 6.54 Å². The lowest BCUT2D eigenvalue weighted by Gasteiger charge is -2.15. The number of benzene rings is 1. The van der Waals surface area contributed by atoms with Gasteiger partial charge in [-0.25, -0.2) is 0 Å². The van der Waals surface area contributed by atoms with Gasteiger partial charge in [0.2, 0.25) is 0 Å². The predicted octanol–water partition coefficient (Wildman–Crippen LogP) is 4.80. The Labute approximate surface area is 143 Å². The zero-order valence-corrected chi connectivity index (χ0v) is 15.8. The minimum absolute atomic E-state index is 0. The molecule has 0 saturated carbocycles. The highest BCUT2D eigenvalue weighted by Crippen LogP contribution is 2.36. The quantitative estimate of drug-likeness (QED) is 0.624. The standard InChI is InChI=1S/C16H26BrNO2.ClH/c1-5-19-15-10-13(11-18-8-7-12(3)4)9-14(17)16(15)20-6-2;/h9-10,12,18H,5-8,11H2,1-4H3;1H. The van der Waals surface area contributed by atoms with E-state index in [1.807, 2.05) is 13.8 Å². The van der Waals surface area contributed by atoms with Gasteiger partial charge >= 0.3 is 0 Å². The van der Waals surface area contributed by atoms with Crippen molar-refractivity contribution in [2.45, 2.75) is 40.7 Å². The second-order valence-electron chi connectivity index (χ2n) is 5.13. The molecule has 122 valence electrons. The van der Waals surface area contributed by atoms with Crippen molar-refractivity contribution in [1.82, 2.24) is 5.32 Å². The van der Waals surface area contributed by atoms with Crippen LogP contribution in [0.25, 0.3) is 0 Å². The molecular formula is C16H27BrClNO2. The van der Waals surface area contributed by atoms with Crippen LogP contribution in [0.3, 0.4) is 0 Å². The highest BCUT2D eigenvalue weighted by Gasteiger charge is 2.11. The molecule has 3 nitrogen and oxygen atoms in total. The average molecular weight is 381 g/mol. The summed E-state index contributed by atoms with van der Waals surface area (Å²) in [5, 5.41) is 3.46. The van der Waals surface area contributed by atoms with Crippen molar-refractivity contribution >= 4 is 28.3 Å². The molecule has 0 fully saturated rings. The summed E-state index contributed by atoms with van der Waals surface area (Å²) in [6.07, 6.45) is 1.19. The molecule has 0 saturated heterocycles. The van der Waals surface area contributed by atoms with Crippen LogP contribution in [0.1, 0.15) is 39.7 Å². The highest BCUT2D eigenvalue weighted by atomic mass is 79.9. The summed E-state index contributed by atoms with van der Waals surface area (Å²) in [4.78, 5) is 0. The summed E-state index contributed by atoms with van der Waals surface area (Å²) >= 11 is 3.57. The molecule has 0 aromatic heterocycles. The van der Waals surface area contributed by atoms with Gasteiger partial charge in [-0.2, -0.15) is 0 Å². The largest absolute Gasteiger partial charge is 0.490 e. The SMILES string of the molecule is CCOc1cc(CNCCC(C)C)cc(Br)c1OCC.Cl. The fraction of sp³-hybridized carbons (Fsp3) is 0.625. The van der Waals surface area contributed by atoms with E-state index in [9.17, 15) is 0 Å². The molecule has 1 aromatic rings. The Morgan fingerprint density at radius 3 is 2.38 bits per heavy atom. The first-order chi connectivity index (χ1) is 9.58. The Morgan fingerprint density at radius 1 is 1.14 bits per heavy atom. The first-order valence-corrected chi connectivity index (χ1v) is 8.16. The van der Waals surface area contributed by atoms with Gasteiger partial charge in [-0.15, -0.1) is 12.4 Å². The molecule has 0 amide bonds. The Hall–Kier alpha value is -0.450. The maximum atomic E-state index is 5.67. The summed E-state index contributed by atoms with van der Waals surface area (Å²) in [7, 11) is 0. The lowest BCUT2D eigenvalue weighted by molar-refractivity contribution is 0.286. The number of ether oxygens (including phenoxy) is 2. The van der Waals surface area contributed by atoms with Gasteiger partial charge in [0.1, 0.15) is 0 Å². The fourth-order valence-electron chi connectivity index (χ4n) is 1.89. The Kier molecular flexibility index (Phi) is 10.9. The van der Waals surface area contributed by atoms with Gasteiger partial charge in [0.25, 0.3) is 0 Å². The summed E-state index contributed by atoms with van der Waals surface area (Å²) in [5.74, 6) is 2.33. The van der Waals surface area contributed by atoms with Crippen LogP contribution in [0, 0.1) is 5.92 Å². The average Bonchev–Trinajstić information content (AvgIpc) is 2.39. The Morgan fingerprint density at radius 2 is 1.81 bits per heavy atom. The van der Waals surface area contributed by atoms with Crippen LogP contribution < -0.4 is 14.8 Å². The van der Waals surface area contributed by atoms with Crippen molar-refractivity contribution < 1.29 is 9.47 Å². The van der Waals surface area contributed by atoms with E-state index < -0.39 is 0 Å². The van der Waals surface area contributed by atoms with Crippen LogP contribution in [0.15, 0.2) is 16.6 Å². The van der Waals surface area contributed by atoms with Gasteiger partial charge in [-0.3, -0.25) is 0 Å². The molecule has 5 heteroatoms. The van der Waals surface area contributed by atoms with Gasteiger partial charge in [0.15, 0.2) is 11.5 Å². The Bertz CT molecular complexity index is 414. The molecule has 0 unspecified atom stereocenters. The molecule has 21 heavy (non-hydrogen) atoms. The molecule has 0 bridgehead atoms. The van der Waals surface area contributed by atoms with Gasteiger partial charge < -0.3 is 14.8 Å². The molecule has 0 spiro atoms. The summed E-state index contributed by atoms with van der Waals surface area (Å²) in [6.45, 7) is 11.6. The highest BCUT2D eigenvalue weighted by molar-refractivity contribution is 9.10. The van der Waals surface area contributed by atoms with Gasteiger partial charge in [-0.05, 0) is 66.4 Å². The molecule has 1 N–H and O–H groups in total. The van der Waals surface area contributed by atoms with Crippen LogP contribution in [0.5, 0.6) is 11.5 Å².